The average molecular weight is 264 g/mol. The van der Waals surface area contributed by atoms with Crippen LogP contribution in [0, 0.1) is 5.92 Å². The molecule has 3 nitrogen and oxygen atoms in total. The second-order valence-electron chi connectivity index (χ2n) is 5.22. The van der Waals surface area contributed by atoms with Gasteiger partial charge in [-0.1, -0.05) is 17.2 Å². The maximum atomic E-state index is 12.1. The number of nitrogens with zero attached hydrogens (tertiary/aromatic N) is 2. The Morgan fingerprint density at radius 3 is 2.85 bits per heavy atom. The van der Waals surface area contributed by atoms with E-state index in [1.807, 2.05) is 31.3 Å². The van der Waals surface area contributed by atoms with Crippen LogP contribution >= 0.6 is 0 Å². The van der Waals surface area contributed by atoms with Crippen LogP contribution in [-0.2, 0) is 11.2 Å². The molecule has 0 aromatic carbocycles. The van der Waals surface area contributed by atoms with Gasteiger partial charge in [0.05, 0.1) is 5.52 Å². The molecule has 100 valence electrons. The Labute approximate surface area is 118 Å². The molecule has 0 fully saturated rings. The molecule has 1 aliphatic rings. The van der Waals surface area contributed by atoms with Gasteiger partial charge in [-0.05, 0) is 44.0 Å². The van der Waals surface area contributed by atoms with Crippen molar-refractivity contribution in [3.8, 4) is 0 Å². The highest BCUT2D eigenvalue weighted by Crippen LogP contribution is 2.28. The molecule has 0 aliphatic heterocycles. The Bertz CT molecular complexity index is 738. The van der Waals surface area contributed by atoms with Crippen molar-refractivity contribution in [3.63, 3.8) is 0 Å². The van der Waals surface area contributed by atoms with Gasteiger partial charge in [-0.25, -0.2) is 0 Å². The molecule has 3 rings (SSSR count). The summed E-state index contributed by atoms with van der Waals surface area (Å²) in [5.41, 5.74) is 4.40. The molecule has 1 atom stereocenters. The largest absolute Gasteiger partial charge is 0.294 e. The molecule has 0 radical (unpaired) electrons. The van der Waals surface area contributed by atoms with Gasteiger partial charge in [-0.15, -0.1) is 0 Å². The lowest BCUT2D eigenvalue weighted by Crippen LogP contribution is -2.20. The van der Waals surface area contributed by atoms with E-state index in [0.29, 0.717) is 6.42 Å². The van der Waals surface area contributed by atoms with E-state index in [1.54, 1.807) is 18.5 Å². The monoisotopic (exact) mass is 264 g/mol. The summed E-state index contributed by atoms with van der Waals surface area (Å²) in [5, 5.41) is 1.03. The zero-order chi connectivity index (χ0) is 14.1. The number of rotatable bonds is 2. The summed E-state index contributed by atoms with van der Waals surface area (Å²) in [4.78, 5) is 20.6. The molecule has 2 aromatic rings. The van der Waals surface area contributed by atoms with Crippen LogP contribution in [0.25, 0.3) is 10.9 Å². The van der Waals surface area contributed by atoms with E-state index in [9.17, 15) is 4.79 Å². The Morgan fingerprint density at radius 1 is 1.15 bits per heavy atom. The van der Waals surface area contributed by atoms with Crippen LogP contribution in [0.3, 0.4) is 0 Å². The van der Waals surface area contributed by atoms with Gasteiger partial charge in [0.1, 0.15) is 0 Å². The van der Waals surface area contributed by atoms with Gasteiger partial charge in [-0.3, -0.25) is 14.8 Å². The SMILES string of the molecule is CC1=C(C)C(Cc2ccnc3ccncc23)C(=O)C=C1. The van der Waals surface area contributed by atoms with Gasteiger partial charge >= 0.3 is 0 Å². The lowest BCUT2D eigenvalue weighted by atomic mass is 9.83. The van der Waals surface area contributed by atoms with Crippen LogP contribution in [-0.4, -0.2) is 15.8 Å². The molecular formula is C17H16N2O. The minimum atomic E-state index is -0.0641. The standard InChI is InChI=1S/C17H16N2O/c1-11-3-4-17(20)14(12(11)2)9-13-5-8-19-16-6-7-18-10-15(13)16/h3-8,10,14H,9H2,1-2H3. The van der Waals surface area contributed by atoms with Crippen LogP contribution in [0.1, 0.15) is 19.4 Å². The molecule has 1 aliphatic carbocycles. The molecule has 2 aromatic heterocycles. The highest BCUT2D eigenvalue weighted by molar-refractivity contribution is 5.96. The summed E-state index contributed by atoms with van der Waals surface area (Å²) in [6, 6.07) is 3.88. The van der Waals surface area contributed by atoms with E-state index in [0.717, 1.165) is 22.0 Å². The van der Waals surface area contributed by atoms with Crippen molar-refractivity contribution < 1.29 is 4.79 Å². The maximum absolute atomic E-state index is 12.1. The van der Waals surface area contributed by atoms with Crippen molar-refractivity contribution in [1.29, 1.82) is 0 Å². The van der Waals surface area contributed by atoms with Gasteiger partial charge in [0, 0.05) is 29.9 Å². The molecule has 0 saturated carbocycles. The smallest absolute Gasteiger partial charge is 0.163 e. The lowest BCUT2D eigenvalue weighted by Gasteiger charge is -2.20. The fourth-order valence-electron chi connectivity index (χ4n) is 2.64. The highest BCUT2D eigenvalue weighted by Gasteiger charge is 2.23. The topological polar surface area (TPSA) is 42.9 Å². The van der Waals surface area contributed by atoms with E-state index in [-0.39, 0.29) is 11.7 Å². The first-order valence-corrected chi connectivity index (χ1v) is 6.73. The average Bonchev–Trinajstić information content (AvgIpc) is 2.48. The molecule has 0 spiro atoms. The molecule has 3 heteroatoms. The number of pyridine rings is 2. The van der Waals surface area contributed by atoms with Crippen molar-refractivity contribution in [2.45, 2.75) is 20.3 Å². The number of allylic oxidation sites excluding steroid dienone is 4. The summed E-state index contributed by atoms with van der Waals surface area (Å²) in [6.45, 7) is 4.10. The third-order valence-corrected chi connectivity index (χ3v) is 4.04. The minimum Gasteiger partial charge on any atom is -0.294 e. The summed E-state index contributed by atoms with van der Waals surface area (Å²) < 4.78 is 0. The fourth-order valence-corrected chi connectivity index (χ4v) is 2.64. The molecule has 0 N–H and O–H groups in total. The van der Waals surface area contributed by atoms with Crippen LogP contribution < -0.4 is 0 Å². The van der Waals surface area contributed by atoms with Gasteiger partial charge < -0.3 is 0 Å². The number of ketones is 1. The first kappa shape index (κ1) is 12.7. The zero-order valence-corrected chi connectivity index (χ0v) is 11.6. The van der Waals surface area contributed by atoms with Gasteiger partial charge in [0.2, 0.25) is 0 Å². The number of aromatic nitrogens is 2. The minimum absolute atomic E-state index is 0.0641. The Hall–Kier alpha value is -2.29. The Balaban J connectivity index is 2.02. The first-order valence-electron chi connectivity index (χ1n) is 6.73. The molecule has 0 bridgehead atoms. The van der Waals surface area contributed by atoms with Crippen LogP contribution in [0.4, 0.5) is 0 Å². The number of hydrogen-bond donors (Lipinski definition) is 0. The van der Waals surface area contributed by atoms with Crippen molar-refractivity contribution in [2.24, 2.45) is 5.92 Å². The molecular weight excluding hydrogens is 248 g/mol. The van der Waals surface area contributed by atoms with E-state index in [2.05, 4.69) is 16.9 Å². The van der Waals surface area contributed by atoms with Crippen LogP contribution in [0.15, 0.2) is 54.0 Å². The summed E-state index contributed by atoms with van der Waals surface area (Å²) in [6.07, 6.45) is 9.66. The molecule has 1 unspecified atom stereocenters. The summed E-state index contributed by atoms with van der Waals surface area (Å²) in [7, 11) is 0. The number of carbonyl (C=O) groups excluding carboxylic acids is 1. The predicted octanol–water partition coefficient (Wildman–Crippen LogP) is 3.26. The first-order chi connectivity index (χ1) is 9.66. The molecule has 0 saturated heterocycles. The number of fused-ring (bicyclic) bond motifs is 1. The Morgan fingerprint density at radius 2 is 2.00 bits per heavy atom. The molecule has 2 heterocycles. The van der Waals surface area contributed by atoms with E-state index >= 15 is 0 Å². The van der Waals surface area contributed by atoms with Crippen molar-refractivity contribution >= 4 is 16.7 Å². The maximum Gasteiger partial charge on any atom is 0.163 e. The predicted molar refractivity (Wildman–Crippen MR) is 79.3 cm³/mol. The third kappa shape index (κ3) is 2.16. The van der Waals surface area contributed by atoms with Gasteiger partial charge in [0.15, 0.2) is 5.78 Å². The molecule has 0 amide bonds. The van der Waals surface area contributed by atoms with Crippen molar-refractivity contribution in [2.75, 3.05) is 0 Å². The normalized spacial score (nSPS) is 18.9. The summed E-state index contributed by atoms with van der Waals surface area (Å²) >= 11 is 0. The Kier molecular flexibility index (Phi) is 3.18. The van der Waals surface area contributed by atoms with Crippen LogP contribution in [0.5, 0.6) is 0 Å². The van der Waals surface area contributed by atoms with Gasteiger partial charge in [0.25, 0.3) is 0 Å². The third-order valence-electron chi connectivity index (χ3n) is 4.04. The second kappa shape index (κ2) is 5.00. The number of hydrogen-bond acceptors (Lipinski definition) is 3. The molecule has 20 heavy (non-hydrogen) atoms. The summed E-state index contributed by atoms with van der Waals surface area (Å²) in [5.74, 6) is 0.118. The zero-order valence-electron chi connectivity index (χ0n) is 11.6. The lowest BCUT2D eigenvalue weighted by molar-refractivity contribution is -0.117. The van der Waals surface area contributed by atoms with E-state index in [1.165, 1.54) is 5.57 Å². The van der Waals surface area contributed by atoms with Crippen molar-refractivity contribution in [3.05, 3.63) is 59.6 Å². The highest BCUT2D eigenvalue weighted by atomic mass is 16.1. The quantitative estimate of drug-likeness (QED) is 0.836. The van der Waals surface area contributed by atoms with Crippen LogP contribution in [0.2, 0.25) is 0 Å². The second-order valence-corrected chi connectivity index (χ2v) is 5.22. The fraction of sp³-hybridized carbons (Fsp3) is 0.235. The van der Waals surface area contributed by atoms with E-state index < -0.39 is 0 Å². The van der Waals surface area contributed by atoms with E-state index in [4.69, 9.17) is 0 Å². The number of carbonyl (C=O) groups is 1. The van der Waals surface area contributed by atoms with Gasteiger partial charge in [-0.2, -0.15) is 0 Å². The van der Waals surface area contributed by atoms with Crippen molar-refractivity contribution in [1.82, 2.24) is 9.97 Å².